The van der Waals surface area contributed by atoms with Gasteiger partial charge in [0.2, 0.25) is 5.91 Å². The van der Waals surface area contributed by atoms with Gasteiger partial charge in [0.25, 0.3) is 5.91 Å². The molecule has 2 aliphatic heterocycles. The van der Waals surface area contributed by atoms with Gasteiger partial charge in [0.05, 0.1) is 11.5 Å². The van der Waals surface area contributed by atoms with E-state index in [0.717, 1.165) is 37.1 Å². The molecule has 2 heterocycles. The number of carbonyl (C=O) groups excluding carboxylic acids is 2. The average molecular weight is 340 g/mol. The lowest BCUT2D eigenvalue weighted by Gasteiger charge is -2.63. The highest BCUT2D eigenvalue weighted by molar-refractivity contribution is 6.07. The predicted octanol–water partition coefficient (Wildman–Crippen LogP) is 2.60. The minimum Gasteiger partial charge on any atom is -0.377 e. The first kappa shape index (κ1) is 15.4. The summed E-state index contributed by atoms with van der Waals surface area (Å²) in [7, 11) is 0. The van der Waals surface area contributed by atoms with Crippen molar-refractivity contribution in [2.75, 3.05) is 11.9 Å². The zero-order valence-electron chi connectivity index (χ0n) is 14.7. The van der Waals surface area contributed by atoms with E-state index in [4.69, 9.17) is 4.74 Å². The van der Waals surface area contributed by atoms with Gasteiger partial charge in [-0.15, -0.1) is 0 Å². The Morgan fingerprint density at radius 1 is 1.32 bits per heavy atom. The zero-order chi connectivity index (χ0) is 17.4. The first-order chi connectivity index (χ1) is 11.9. The molecular weight excluding hydrogens is 316 g/mol. The third-order valence-electron chi connectivity index (χ3n) is 7.09. The van der Waals surface area contributed by atoms with Crippen LogP contribution in [0.15, 0.2) is 18.2 Å². The molecule has 0 radical (unpaired) electrons. The summed E-state index contributed by atoms with van der Waals surface area (Å²) in [5.41, 5.74) is 1.98. The van der Waals surface area contributed by atoms with Gasteiger partial charge in [0, 0.05) is 35.2 Å². The van der Waals surface area contributed by atoms with Crippen LogP contribution in [0.5, 0.6) is 0 Å². The molecule has 0 bridgehead atoms. The van der Waals surface area contributed by atoms with Crippen LogP contribution in [0.3, 0.4) is 0 Å². The van der Waals surface area contributed by atoms with Crippen molar-refractivity contribution < 1.29 is 14.3 Å². The SMILES string of the molecule is CC1(C)C(=O)Nc2cc(C(=O)NC3C4CCOC4C34CCC4)ccc21. The van der Waals surface area contributed by atoms with Gasteiger partial charge in [-0.1, -0.05) is 12.5 Å². The molecule has 2 saturated carbocycles. The Labute approximate surface area is 147 Å². The number of ether oxygens (including phenoxy) is 1. The molecule has 5 heteroatoms. The summed E-state index contributed by atoms with van der Waals surface area (Å²) in [5.74, 6) is 0.416. The summed E-state index contributed by atoms with van der Waals surface area (Å²) in [6.45, 7) is 4.63. The van der Waals surface area contributed by atoms with Gasteiger partial charge in [-0.05, 0) is 50.8 Å². The van der Waals surface area contributed by atoms with E-state index >= 15 is 0 Å². The first-order valence-electron chi connectivity index (χ1n) is 9.32. The Kier molecular flexibility index (Phi) is 2.98. The van der Waals surface area contributed by atoms with Crippen LogP contribution in [0, 0.1) is 11.3 Å². The molecule has 1 spiro atoms. The van der Waals surface area contributed by atoms with Crippen molar-refractivity contribution in [2.45, 2.75) is 57.1 Å². The summed E-state index contributed by atoms with van der Waals surface area (Å²) >= 11 is 0. The molecule has 4 aliphatic rings. The van der Waals surface area contributed by atoms with E-state index in [2.05, 4.69) is 10.6 Å². The molecule has 5 rings (SSSR count). The second kappa shape index (κ2) is 4.85. The molecule has 3 unspecified atom stereocenters. The molecular formula is C20H24N2O3. The lowest BCUT2D eigenvalue weighted by atomic mass is 9.46. The van der Waals surface area contributed by atoms with Crippen LogP contribution in [-0.4, -0.2) is 30.6 Å². The summed E-state index contributed by atoms with van der Waals surface area (Å²) < 4.78 is 5.92. The lowest BCUT2D eigenvalue weighted by Crippen LogP contribution is -2.71. The number of hydrogen-bond donors (Lipinski definition) is 2. The van der Waals surface area contributed by atoms with Crippen molar-refractivity contribution in [3.8, 4) is 0 Å². The topological polar surface area (TPSA) is 67.4 Å². The van der Waals surface area contributed by atoms with E-state index < -0.39 is 5.41 Å². The molecule has 1 aromatic rings. The van der Waals surface area contributed by atoms with Gasteiger partial charge < -0.3 is 15.4 Å². The van der Waals surface area contributed by atoms with Crippen molar-refractivity contribution in [1.82, 2.24) is 5.32 Å². The molecule has 25 heavy (non-hydrogen) atoms. The van der Waals surface area contributed by atoms with E-state index in [1.165, 1.54) is 6.42 Å². The average Bonchev–Trinajstić information content (AvgIpc) is 3.04. The van der Waals surface area contributed by atoms with Gasteiger partial charge in [-0.2, -0.15) is 0 Å². The number of nitrogens with one attached hydrogen (secondary N) is 2. The highest BCUT2D eigenvalue weighted by atomic mass is 16.5. The minimum atomic E-state index is -0.539. The van der Waals surface area contributed by atoms with E-state index in [-0.39, 0.29) is 23.3 Å². The van der Waals surface area contributed by atoms with Crippen LogP contribution in [0.1, 0.15) is 55.5 Å². The van der Waals surface area contributed by atoms with E-state index in [9.17, 15) is 9.59 Å². The highest BCUT2D eigenvalue weighted by Crippen LogP contribution is 2.62. The van der Waals surface area contributed by atoms with E-state index in [1.54, 1.807) is 0 Å². The maximum atomic E-state index is 12.8. The number of hydrogen-bond acceptors (Lipinski definition) is 3. The van der Waals surface area contributed by atoms with Crippen molar-refractivity contribution in [2.24, 2.45) is 11.3 Å². The van der Waals surface area contributed by atoms with Crippen molar-refractivity contribution >= 4 is 17.5 Å². The molecule has 2 aliphatic carbocycles. The van der Waals surface area contributed by atoms with Crippen LogP contribution in [0.2, 0.25) is 0 Å². The summed E-state index contributed by atoms with van der Waals surface area (Å²) in [6.07, 6.45) is 4.96. The molecule has 2 amide bonds. The molecule has 0 aromatic heterocycles. The van der Waals surface area contributed by atoms with Crippen LogP contribution >= 0.6 is 0 Å². The number of fused-ring (bicyclic) bond motifs is 3. The predicted molar refractivity (Wildman–Crippen MR) is 93.5 cm³/mol. The monoisotopic (exact) mass is 340 g/mol. The number of anilines is 1. The third-order valence-corrected chi connectivity index (χ3v) is 7.09. The summed E-state index contributed by atoms with van der Waals surface area (Å²) in [4.78, 5) is 24.9. The van der Waals surface area contributed by atoms with Gasteiger partial charge in [-0.25, -0.2) is 0 Å². The van der Waals surface area contributed by atoms with E-state index in [1.807, 2.05) is 32.0 Å². The lowest BCUT2D eigenvalue weighted by molar-refractivity contribution is -0.172. The molecule has 2 N–H and O–H groups in total. The molecule has 3 atom stereocenters. The maximum absolute atomic E-state index is 12.8. The number of amides is 2. The van der Waals surface area contributed by atoms with Gasteiger partial charge in [-0.3, -0.25) is 9.59 Å². The largest absolute Gasteiger partial charge is 0.377 e. The van der Waals surface area contributed by atoms with E-state index in [0.29, 0.717) is 17.6 Å². The fourth-order valence-corrected chi connectivity index (χ4v) is 5.42. The fraction of sp³-hybridized carbons (Fsp3) is 0.600. The molecule has 3 fully saturated rings. The number of carbonyl (C=O) groups is 2. The minimum absolute atomic E-state index is 0.0154. The van der Waals surface area contributed by atoms with Crippen molar-refractivity contribution in [3.63, 3.8) is 0 Å². The second-order valence-electron chi connectivity index (χ2n) is 8.62. The third kappa shape index (κ3) is 1.87. The molecule has 1 aromatic carbocycles. The summed E-state index contributed by atoms with van der Waals surface area (Å²) in [5, 5.41) is 6.19. The van der Waals surface area contributed by atoms with Crippen LogP contribution in [0.4, 0.5) is 5.69 Å². The standard InChI is InChI=1S/C20H24N2O3/c1-19(2)13-5-4-11(10-14(13)21-18(19)24)17(23)22-15-12-6-9-25-16(12)20(15)7-3-8-20/h4-5,10,12,15-16H,3,6-9H2,1-2H3,(H,21,24)(H,22,23). The number of rotatable bonds is 2. The van der Waals surface area contributed by atoms with Crippen molar-refractivity contribution in [3.05, 3.63) is 29.3 Å². The molecule has 1 saturated heterocycles. The smallest absolute Gasteiger partial charge is 0.251 e. The van der Waals surface area contributed by atoms with Crippen LogP contribution in [0.25, 0.3) is 0 Å². The Hall–Kier alpha value is -1.88. The number of benzene rings is 1. The molecule has 132 valence electrons. The Balaban J connectivity index is 1.38. The fourth-order valence-electron chi connectivity index (χ4n) is 5.42. The van der Waals surface area contributed by atoms with Crippen LogP contribution in [-0.2, 0) is 14.9 Å². The van der Waals surface area contributed by atoms with Gasteiger partial charge >= 0.3 is 0 Å². The Morgan fingerprint density at radius 3 is 2.84 bits per heavy atom. The Bertz CT molecular complexity index is 781. The van der Waals surface area contributed by atoms with Gasteiger partial charge in [0.1, 0.15) is 0 Å². The Morgan fingerprint density at radius 2 is 2.12 bits per heavy atom. The molecule has 5 nitrogen and oxygen atoms in total. The summed E-state index contributed by atoms with van der Waals surface area (Å²) in [6, 6.07) is 5.79. The quantitative estimate of drug-likeness (QED) is 0.870. The van der Waals surface area contributed by atoms with Gasteiger partial charge in [0.15, 0.2) is 0 Å². The second-order valence-corrected chi connectivity index (χ2v) is 8.62. The van der Waals surface area contributed by atoms with Crippen LogP contribution < -0.4 is 10.6 Å². The zero-order valence-corrected chi connectivity index (χ0v) is 14.7. The normalized spacial score (nSPS) is 33.0. The first-order valence-corrected chi connectivity index (χ1v) is 9.32. The highest BCUT2D eigenvalue weighted by Gasteiger charge is 2.66. The van der Waals surface area contributed by atoms with Crippen molar-refractivity contribution in [1.29, 1.82) is 0 Å². The maximum Gasteiger partial charge on any atom is 0.251 e.